The molecular formula is C17H28BN3O4. The van der Waals surface area contributed by atoms with Gasteiger partial charge in [-0.05, 0) is 41.5 Å². The van der Waals surface area contributed by atoms with E-state index in [-0.39, 0.29) is 5.91 Å². The first kappa shape index (κ1) is 18.4. The number of hydrogen-bond donors (Lipinski definition) is 0. The molecule has 7 nitrogen and oxygen atoms in total. The number of carbonyl (C=O) groups excluding carboxylic acids is 1. The van der Waals surface area contributed by atoms with Gasteiger partial charge in [0.2, 0.25) is 5.91 Å². The maximum Gasteiger partial charge on any atom is 0.498 e. The normalized spacial score (nSPS) is 23.1. The number of morpholine rings is 1. The lowest BCUT2D eigenvalue weighted by Gasteiger charge is -2.34. The van der Waals surface area contributed by atoms with E-state index < -0.39 is 23.9 Å². The number of aromatic nitrogens is 2. The Balaban J connectivity index is 1.77. The second-order valence-electron chi connectivity index (χ2n) is 8.27. The van der Waals surface area contributed by atoms with Crippen LogP contribution in [-0.4, -0.2) is 65.2 Å². The van der Waals surface area contributed by atoms with Crippen molar-refractivity contribution in [2.75, 3.05) is 26.3 Å². The molecule has 138 valence electrons. The quantitative estimate of drug-likeness (QED) is 0.755. The fourth-order valence-corrected chi connectivity index (χ4v) is 2.99. The van der Waals surface area contributed by atoms with Gasteiger partial charge in [-0.1, -0.05) is 0 Å². The minimum atomic E-state index is -0.779. The molecule has 1 aromatic rings. The fourth-order valence-electron chi connectivity index (χ4n) is 2.99. The van der Waals surface area contributed by atoms with Crippen LogP contribution in [0, 0.1) is 0 Å². The highest BCUT2D eigenvalue weighted by Gasteiger charge is 2.52. The van der Waals surface area contributed by atoms with Gasteiger partial charge in [0.15, 0.2) is 0 Å². The average molecular weight is 349 g/mol. The summed E-state index contributed by atoms with van der Waals surface area (Å²) in [6.07, 6.45) is 3.57. The van der Waals surface area contributed by atoms with Crippen molar-refractivity contribution in [1.29, 1.82) is 0 Å². The molecule has 0 radical (unpaired) electrons. The first-order valence-corrected chi connectivity index (χ1v) is 8.82. The van der Waals surface area contributed by atoms with Gasteiger partial charge in [-0.2, -0.15) is 5.10 Å². The molecule has 3 heterocycles. The molecule has 8 heteroatoms. The van der Waals surface area contributed by atoms with Crippen molar-refractivity contribution in [1.82, 2.24) is 14.7 Å². The highest BCUT2D eigenvalue weighted by Crippen LogP contribution is 2.36. The minimum absolute atomic E-state index is 0.0411. The lowest BCUT2D eigenvalue weighted by molar-refractivity contribution is -0.143. The summed E-state index contributed by atoms with van der Waals surface area (Å²) in [5.41, 5.74) is -0.765. The topological polar surface area (TPSA) is 65.8 Å². The Hall–Kier alpha value is -1.38. The Morgan fingerprint density at radius 3 is 2.28 bits per heavy atom. The Morgan fingerprint density at radius 2 is 1.72 bits per heavy atom. The summed E-state index contributed by atoms with van der Waals surface area (Å²) in [5.74, 6) is 0.0411. The third-order valence-electron chi connectivity index (χ3n) is 5.52. The van der Waals surface area contributed by atoms with Gasteiger partial charge in [0.1, 0.15) is 5.54 Å². The molecule has 0 spiro atoms. The van der Waals surface area contributed by atoms with E-state index in [1.54, 1.807) is 10.9 Å². The monoisotopic (exact) mass is 349 g/mol. The van der Waals surface area contributed by atoms with E-state index in [1.165, 1.54) is 0 Å². The van der Waals surface area contributed by atoms with Crippen LogP contribution in [0.1, 0.15) is 41.5 Å². The van der Waals surface area contributed by atoms with Crippen LogP contribution in [0.5, 0.6) is 0 Å². The van der Waals surface area contributed by atoms with Crippen LogP contribution in [0.15, 0.2) is 12.4 Å². The van der Waals surface area contributed by atoms with Crippen LogP contribution < -0.4 is 5.46 Å². The van der Waals surface area contributed by atoms with Gasteiger partial charge in [0.25, 0.3) is 0 Å². The van der Waals surface area contributed by atoms with Crippen molar-refractivity contribution in [3.8, 4) is 0 Å². The van der Waals surface area contributed by atoms with Crippen LogP contribution in [0.2, 0.25) is 0 Å². The Kier molecular flexibility index (Phi) is 4.50. The third kappa shape index (κ3) is 3.23. The van der Waals surface area contributed by atoms with Crippen molar-refractivity contribution in [2.24, 2.45) is 0 Å². The summed E-state index contributed by atoms with van der Waals surface area (Å²) in [5, 5.41) is 4.42. The van der Waals surface area contributed by atoms with E-state index in [4.69, 9.17) is 14.0 Å². The van der Waals surface area contributed by atoms with E-state index in [0.29, 0.717) is 26.3 Å². The maximum absolute atomic E-state index is 12.9. The lowest BCUT2D eigenvalue weighted by atomic mass is 9.82. The third-order valence-corrected chi connectivity index (χ3v) is 5.52. The van der Waals surface area contributed by atoms with Crippen LogP contribution in [-0.2, 0) is 24.4 Å². The summed E-state index contributed by atoms with van der Waals surface area (Å²) in [6.45, 7) is 14.2. The molecule has 2 saturated heterocycles. The summed E-state index contributed by atoms with van der Waals surface area (Å²) in [7, 11) is -0.479. The van der Waals surface area contributed by atoms with Crippen LogP contribution in [0.3, 0.4) is 0 Å². The number of nitrogens with zero attached hydrogens (tertiary/aromatic N) is 3. The standard InChI is InChI=1S/C17H28BN3O4/c1-15(2,14(22)20-7-9-23-10-8-20)21-12-13(11-19-21)18-24-16(3,4)17(5,6)25-18/h11-12H,7-10H2,1-6H3. The molecule has 0 unspecified atom stereocenters. The highest BCUT2D eigenvalue weighted by atomic mass is 16.7. The predicted molar refractivity (Wildman–Crippen MR) is 94.7 cm³/mol. The zero-order chi connectivity index (χ0) is 18.5. The van der Waals surface area contributed by atoms with Gasteiger partial charge in [0, 0.05) is 30.9 Å². The number of ether oxygens (including phenoxy) is 1. The SMILES string of the molecule is CC(C)(C(=O)N1CCOCC1)n1cc(B2OC(C)(C)C(C)(C)O2)cn1. The second-order valence-corrected chi connectivity index (χ2v) is 8.27. The smallest absolute Gasteiger partial charge is 0.399 e. The molecule has 2 fully saturated rings. The van der Waals surface area contributed by atoms with E-state index >= 15 is 0 Å². The molecule has 2 aliphatic rings. The van der Waals surface area contributed by atoms with Crippen LogP contribution in [0.4, 0.5) is 0 Å². The van der Waals surface area contributed by atoms with E-state index in [9.17, 15) is 4.79 Å². The number of carbonyl (C=O) groups is 1. The Bertz CT molecular complexity index is 634. The van der Waals surface area contributed by atoms with Crippen LogP contribution in [0.25, 0.3) is 0 Å². The zero-order valence-electron chi connectivity index (χ0n) is 16.0. The number of rotatable bonds is 3. The molecule has 2 aliphatic heterocycles. The number of amides is 1. The van der Waals surface area contributed by atoms with E-state index in [1.807, 2.05) is 52.6 Å². The first-order chi connectivity index (χ1) is 11.5. The number of hydrogen-bond acceptors (Lipinski definition) is 5. The molecule has 3 rings (SSSR count). The molecular weight excluding hydrogens is 321 g/mol. The summed E-state index contributed by atoms with van der Waals surface area (Å²) in [6, 6.07) is 0. The molecule has 0 aliphatic carbocycles. The Labute approximate surface area is 149 Å². The van der Waals surface area contributed by atoms with Gasteiger partial charge in [-0.3, -0.25) is 9.48 Å². The summed E-state index contributed by atoms with van der Waals surface area (Å²) >= 11 is 0. The molecule has 0 saturated carbocycles. The van der Waals surface area contributed by atoms with Crippen molar-refractivity contribution in [3.05, 3.63) is 12.4 Å². The molecule has 0 atom stereocenters. The first-order valence-electron chi connectivity index (χ1n) is 8.82. The minimum Gasteiger partial charge on any atom is -0.399 e. The molecule has 0 bridgehead atoms. The average Bonchev–Trinajstić information content (AvgIpc) is 3.11. The van der Waals surface area contributed by atoms with Crippen molar-refractivity contribution in [3.63, 3.8) is 0 Å². The summed E-state index contributed by atoms with van der Waals surface area (Å²) < 4.78 is 19.2. The maximum atomic E-state index is 12.9. The summed E-state index contributed by atoms with van der Waals surface area (Å²) in [4.78, 5) is 14.7. The lowest BCUT2D eigenvalue weighted by Crippen LogP contribution is -2.51. The van der Waals surface area contributed by atoms with Gasteiger partial charge in [0.05, 0.1) is 24.4 Å². The molecule has 0 aromatic carbocycles. The van der Waals surface area contributed by atoms with Crippen molar-refractivity contribution >= 4 is 18.5 Å². The second kappa shape index (κ2) is 6.11. The molecule has 1 aromatic heterocycles. The fraction of sp³-hybridized carbons (Fsp3) is 0.765. The van der Waals surface area contributed by atoms with Gasteiger partial charge >= 0.3 is 7.12 Å². The molecule has 1 amide bonds. The van der Waals surface area contributed by atoms with E-state index in [0.717, 1.165) is 5.46 Å². The largest absolute Gasteiger partial charge is 0.498 e. The molecule has 25 heavy (non-hydrogen) atoms. The van der Waals surface area contributed by atoms with Crippen molar-refractivity contribution < 1.29 is 18.8 Å². The molecule has 0 N–H and O–H groups in total. The van der Waals surface area contributed by atoms with Gasteiger partial charge in [-0.25, -0.2) is 0 Å². The zero-order valence-corrected chi connectivity index (χ0v) is 16.0. The van der Waals surface area contributed by atoms with Gasteiger partial charge in [-0.15, -0.1) is 0 Å². The highest BCUT2D eigenvalue weighted by molar-refractivity contribution is 6.62. The Morgan fingerprint density at radius 1 is 1.16 bits per heavy atom. The predicted octanol–water partition coefficient (Wildman–Crippen LogP) is 0.776. The van der Waals surface area contributed by atoms with Crippen LogP contribution >= 0.6 is 0 Å². The van der Waals surface area contributed by atoms with Crippen molar-refractivity contribution in [2.45, 2.75) is 58.3 Å². The van der Waals surface area contributed by atoms with Gasteiger partial charge < -0.3 is 18.9 Å². The van der Waals surface area contributed by atoms with E-state index in [2.05, 4.69) is 5.10 Å².